The number of nitrogens with one attached hydrogen (secondary N) is 3. The summed E-state index contributed by atoms with van der Waals surface area (Å²) in [6.45, 7) is 0. The molecular formula is C8H13FN6+2. The lowest BCUT2D eigenvalue weighted by Gasteiger charge is -1.92. The summed E-state index contributed by atoms with van der Waals surface area (Å²) in [5.74, 6) is 4.86. The summed E-state index contributed by atoms with van der Waals surface area (Å²) in [6.07, 6.45) is 0. The van der Waals surface area contributed by atoms with Crippen molar-refractivity contribution < 1.29 is 14.4 Å². The van der Waals surface area contributed by atoms with Gasteiger partial charge in [0.1, 0.15) is 11.5 Å². The highest BCUT2D eigenvalue weighted by atomic mass is 19.1. The lowest BCUT2D eigenvalue weighted by molar-refractivity contribution is -0.460. The molecule has 15 heavy (non-hydrogen) atoms. The van der Waals surface area contributed by atoms with E-state index in [0.717, 1.165) is 0 Å². The molecule has 0 heterocycles. The highest BCUT2D eigenvalue weighted by Crippen LogP contribution is 2.01. The first kappa shape index (κ1) is 10.9. The summed E-state index contributed by atoms with van der Waals surface area (Å²) in [4.78, 5) is 5.21. The number of nitrogens with two attached hydrogens (primary N) is 3. The number of hydrazine groups is 1. The van der Waals surface area contributed by atoms with E-state index in [1.165, 1.54) is 12.1 Å². The summed E-state index contributed by atoms with van der Waals surface area (Å²) < 4.78 is 12.8. The predicted octanol–water partition coefficient (Wildman–Crippen LogP) is -4.29. The van der Waals surface area contributed by atoms with Crippen LogP contribution in [-0.2, 0) is 0 Å². The minimum atomic E-state index is -0.360. The summed E-state index contributed by atoms with van der Waals surface area (Å²) in [6, 6.07) is 5.83. The van der Waals surface area contributed by atoms with Gasteiger partial charge in [-0.25, -0.2) is 9.38 Å². The standard InChI is InChI=1S/C8H11FN6/c9-5-2-1-3-6(4-5)13-7(10)14-8(11)15-12/h1-4H,12H2,(H5,10,11,13,14,15)/p+2. The third-order valence-corrected chi connectivity index (χ3v) is 1.53. The smallest absolute Gasteiger partial charge is 0.274 e. The van der Waals surface area contributed by atoms with Crippen LogP contribution in [0.15, 0.2) is 24.3 Å². The average molecular weight is 212 g/mol. The van der Waals surface area contributed by atoms with E-state index in [-0.39, 0.29) is 17.7 Å². The molecule has 0 spiro atoms. The Hall–Kier alpha value is -2.15. The van der Waals surface area contributed by atoms with Gasteiger partial charge in [0, 0.05) is 6.07 Å². The van der Waals surface area contributed by atoms with E-state index >= 15 is 0 Å². The van der Waals surface area contributed by atoms with Gasteiger partial charge in [0.25, 0.3) is 0 Å². The Morgan fingerprint density at radius 3 is 2.67 bits per heavy atom. The van der Waals surface area contributed by atoms with Crippen LogP contribution < -0.4 is 32.7 Å². The van der Waals surface area contributed by atoms with Gasteiger partial charge in [0.15, 0.2) is 0 Å². The highest BCUT2D eigenvalue weighted by Gasteiger charge is 2.02. The molecule has 0 amide bonds. The molecule has 0 atom stereocenters. The predicted molar refractivity (Wildman–Crippen MR) is 53.7 cm³/mol. The average Bonchev–Trinajstić information content (AvgIpc) is 2.17. The van der Waals surface area contributed by atoms with Crippen LogP contribution >= 0.6 is 0 Å². The van der Waals surface area contributed by atoms with E-state index in [2.05, 4.69) is 15.4 Å². The molecule has 7 heteroatoms. The van der Waals surface area contributed by atoms with Crippen molar-refractivity contribution in [1.29, 1.82) is 0 Å². The molecule has 1 aromatic rings. The van der Waals surface area contributed by atoms with Gasteiger partial charge in [-0.05, 0) is 12.1 Å². The Kier molecular flexibility index (Phi) is 3.58. The van der Waals surface area contributed by atoms with Crippen molar-refractivity contribution >= 4 is 17.6 Å². The van der Waals surface area contributed by atoms with Gasteiger partial charge in [-0.3, -0.25) is 11.5 Å². The number of benzene rings is 1. The number of guanidine groups is 2. The fraction of sp³-hybridized carbons (Fsp3) is 0. The Morgan fingerprint density at radius 2 is 2.07 bits per heavy atom. The van der Waals surface area contributed by atoms with Crippen molar-refractivity contribution in [3.8, 4) is 0 Å². The fourth-order valence-electron chi connectivity index (χ4n) is 0.934. The zero-order chi connectivity index (χ0) is 11.3. The number of rotatable bonds is 1. The molecule has 0 unspecified atom stereocenters. The minimum Gasteiger partial charge on any atom is -0.274 e. The lowest BCUT2D eigenvalue weighted by Crippen LogP contribution is -2.96. The molecule has 0 aliphatic heterocycles. The summed E-state index contributed by atoms with van der Waals surface area (Å²) >= 11 is 0. The quantitative estimate of drug-likeness (QED) is 0.122. The Morgan fingerprint density at radius 1 is 1.33 bits per heavy atom. The van der Waals surface area contributed by atoms with Gasteiger partial charge in [-0.1, -0.05) is 6.07 Å². The van der Waals surface area contributed by atoms with E-state index in [1.807, 2.05) is 0 Å². The van der Waals surface area contributed by atoms with Crippen LogP contribution in [-0.4, -0.2) is 11.9 Å². The van der Waals surface area contributed by atoms with Gasteiger partial charge in [0.05, 0.1) is 0 Å². The Bertz CT molecular complexity index is 400. The fourth-order valence-corrected chi connectivity index (χ4v) is 0.934. The molecule has 0 fully saturated rings. The first-order valence-electron chi connectivity index (χ1n) is 4.13. The van der Waals surface area contributed by atoms with E-state index in [1.54, 1.807) is 12.1 Å². The second kappa shape index (κ2) is 4.91. The van der Waals surface area contributed by atoms with Crippen LogP contribution in [0.1, 0.15) is 0 Å². The van der Waals surface area contributed by atoms with Crippen molar-refractivity contribution in [3.63, 3.8) is 0 Å². The molecule has 6 nitrogen and oxygen atoms in total. The van der Waals surface area contributed by atoms with Crippen molar-refractivity contribution in [2.24, 2.45) is 17.3 Å². The first-order chi connectivity index (χ1) is 7.11. The zero-order valence-corrected chi connectivity index (χ0v) is 7.92. The molecule has 1 rings (SSSR count). The van der Waals surface area contributed by atoms with Crippen LogP contribution in [0.5, 0.6) is 0 Å². The molecular weight excluding hydrogens is 199 g/mol. The monoisotopic (exact) mass is 212 g/mol. The van der Waals surface area contributed by atoms with Crippen LogP contribution in [0, 0.1) is 5.82 Å². The van der Waals surface area contributed by atoms with Crippen LogP contribution in [0.4, 0.5) is 10.1 Å². The largest absolute Gasteiger partial charge is 0.403 e. The third-order valence-electron chi connectivity index (χ3n) is 1.53. The topological polar surface area (TPSA) is 118 Å². The van der Waals surface area contributed by atoms with E-state index < -0.39 is 0 Å². The van der Waals surface area contributed by atoms with Gasteiger partial charge < -0.3 is 0 Å². The summed E-state index contributed by atoms with van der Waals surface area (Å²) in [7, 11) is 0. The number of halogens is 1. The molecule has 0 radical (unpaired) electrons. The van der Waals surface area contributed by atoms with Crippen molar-refractivity contribution in [3.05, 3.63) is 30.1 Å². The minimum absolute atomic E-state index is 0.0800. The summed E-state index contributed by atoms with van der Waals surface area (Å²) in [5.41, 5.74) is 13.5. The van der Waals surface area contributed by atoms with Gasteiger partial charge in [-0.15, -0.1) is 0 Å². The van der Waals surface area contributed by atoms with E-state index in [4.69, 9.17) is 17.3 Å². The highest BCUT2D eigenvalue weighted by molar-refractivity contribution is 5.76. The number of hydrogen-bond donors (Lipinski definition) is 6. The zero-order valence-electron chi connectivity index (χ0n) is 7.92. The maximum Gasteiger partial charge on any atom is 0.403 e. The second-order valence-electron chi connectivity index (χ2n) is 2.73. The molecule has 0 saturated carbocycles. The van der Waals surface area contributed by atoms with Gasteiger partial charge in [-0.2, -0.15) is 16.3 Å². The van der Waals surface area contributed by atoms with Crippen LogP contribution in [0.3, 0.4) is 0 Å². The van der Waals surface area contributed by atoms with Crippen molar-refractivity contribution in [1.82, 2.24) is 5.43 Å². The molecule has 0 aromatic heterocycles. The molecule has 0 bridgehead atoms. The number of hydrogen-bond acceptors (Lipinski definition) is 1. The SMILES string of the molecule is NNC(N)=[NH+]C(N)=[NH+]c1cccc(F)c1. The van der Waals surface area contributed by atoms with Crippen molar-refractivity contribution in [2.75, 3.05) is 0 Å². The van der Waals surface area contributed by atoms with Gasteiger partial charge in [0.2, 0.25) is 0 Å². The first-order valence-corrected chi connectivity index (χ1v) is 4.13. The van der Waals surface area contributed by atoms with E-state index in [0.29, 0.717) is 5.69 Å². The second-order valence-corrected chi connectivity index (χ2v) is 2.73. The third kappa shape index (κ3) is 3.61. The molecule has 1 aromatic carbocycles. The Balaban J connectivity index is 2.88. The summed E-state index contributed by atoms with van der Waals surface area (Å²) in [5, 5.41) is 0. The molecule has 0 aliphatic rings. The van der Waals surface area contributed by atoms with Crippen LogP contribution in [0.2, 0.25) is 0 Å². The molecule has 0 aliphatic carbocycles. The molecule has 9 N–H and O–H groups in total. The van der Waals surface area contributed by atoms with Crippen molar-refractivity contribution in [2.45, 2.75) is 0 Å². The maximum absolute atomic E-state index is 12.8. The maximum atomic E-state index is 12.8. The van der Waals surface area contributed by atoms with Crippen LogP contribution in [0.25, 0.3) is 0 Å². The lowest BCUT2D eigenvalue weighted by atomic mass is 10.3. The van der Waals surface area contributed by atoms with E-state index in [9.17, 15) is 4.39 Å². The normalized spacial score (nSPS) is 12.7. The molecule has 80 valence electrons. The molecule has 0 saturated heterocycles. The Labute approximate surface area is 85.7 Å². The van der Waals surface area contributed by atoms with Gasteiger partial charge >= 0.3 is 11.9 Å².